The van der Waals surface area contributed by atoms with Crippen LogP contribution in [0.25, 0.3) is 0 Å². The molecule has 1 saturated heterocycles. The van der Waals surface area contributed by atoms with Crippen LogP contribution in [-0.4, -0.2) is 37.4 Å². The summed E-state index contributed by atoms with van der Waals surface area (Å²) in [5.74, 6) is 2.33. The summed E-state index contributed by atoms with van der Waals surface area (Å²) >= 11 is 7.86. The van der Waals surface area contributed by atoms with Gasteiger partial charge in [-0.1, -0.05) is 17.7 Å². The van der Waals surface area contributed by atoms with Crippen LogP contribution in [0.15, 0.2) is 36.4 Å². The first-order valence-electron chi connectivity index (χ1n) is 8.21. The summed E-state index contributed by atoms with van der Waals surface area (Å²) in [6.45, 7) is 2.58. The summed E-state index contributed by atoms with van der Waals surface area (Å²) in [5.41, 5.74) is 2.57. The molecule has 0 spiro atoms. The van der Waals surface area contributed by atoms with E-state index in [1.165, 1.54) is 0 Å². The molecule has 0 aromatic heterocycles. The first kappa shape index (κ1) is 18.7. The Kier molecular flexibility index (Phi) is 5.84. The number of amides is 2. The molecular weight excluding hydrogens is 372 g/mol. The summed E-state index contributed by atoms with van der Waals surface area (Å²) in [6, 6.07) is 11.0. The summed E-state index contributed by atoms with van der Waals surface area (Å²) < 4.78 is 10.8. The molecule has 138 valence electrons. The highest BCUT2D eigenvalue weighted by atomic mass is 35.5. The van der Waals surface area contributed by atoms with Crippen molar-refractivity contribution in [3.63, 3.8) is 0 Å². The average Bonchev–Trinajstić information content (AvgIpc) is 3.14. The van der Waals surface area contributed by atoms with Crippen molar-refractivity contribution >= 4 is 35.1 Å². The van der Waals surface area contributed by atoms with E-state index in [1.807, 2.05) is 37.3 Å². The number of rotatable bonds is 4. The van der Waals surface area contributed by atoms with Crippen LogP contribution in [0, 0.1) is 6.92 Å². The number of urea groups is 1. The van der Waals surface area contributed by atoms with Gasteiger partial charge in [0.15, 0.2) is 0 Å². The number of anilines is 1. The van der Waals surface area contributed by atoms with Crippen molar-refractivity contribution in [2.24, 2.45) is 0 Å². The van der Waals surface area contributed by atoms with Crippen LogP contribution >= 0.6 is 23.4 Å². The zero-order chi connectivity index (χ0) is 18.7. The van der Waals surface area contributed by atoms with Crippen molar-refractivity contribution < 1.29 is 14.3 Å². The monoisotopic (exact) mass is 392 g/mol. The number of nitrogens with one attached hydrogen (secondary N) is 1. The molecule has 2 aromatic rings. The second-order valence-corrected chi connectivity index (χ2v) is 7.51. The SMILES string of the molecule is COc1ccc(OC)c([C@@H]2SCCN2C(=O)Nc2ccc(C)c(Cl)c2)c1. The number of halogens is 1. The molecule has 1 fully saturated rings. The van der Waals surface area contributed by atoms with Gasteiger partial charge in [0.2, 0.25) is 0 Å². The molecule has 7 heteroatoms. The highest BCUT2D eigenvalue weighted by Gasteiger charge is 2.33. The molecular formula is C19H21ClN2O3S. The maximum atomic E-state index is 12.8. The van der Waals surface area contributed by atoms with Crippen molar-refractivity contribution in [3.05, 3.63) is 52.5 Å². The van der Waals surface area contributed by atoms with Gasteiger partial charge in [0.05, 0.1) is 14.2 Å². The Morgan fingerprint density at radius 3 is 2.73 bits per heavy atom. The molecule has 3 rings (SSSR count). The Morgan fingerprint density at radius 2 is 2.04 bits per heavy atom. The quantitative estimate of drug-likeness (QED) is 0.800. The molecule has 0 saturated carbocycles. The van der Waals surface area contributed by atoms with Crippen LogP contribution in [0.3, 0.4) is 0 Å². The predicted molar refractivity (Wildman–Crippen MR) is 107 cm³/mol. The van der Waals surface area contributed by atoms with Crippen LogP contribution < -0.4 is 14.8 Å². The van der Waals surface area contributed by atoms with Gasteiger partial charge in [0.1, 0.15) is 16.9 Å². The highest BCUT2D eigenvalue weighted by Crippen LogP contribution is 2.43. The normalized spacial score (nSPS) is 16.5. The fourth-order valence-corrected chi connectivity index (χ4v) is 4.28. The molecule has 1 aliphatic rings. The van der Waals surface area contributed by atoms with Crippen molar-refractivity contribution in [2.75, 3.05) is 31.8 Å². The fourth-order valence-electron chi connectivity index (χ4n) is 2.83. The second-order valence-electron chi connectivity index (χ2n) is 5.92. The van der Waals surface area contributed by atoms with E-state index < -0.39 is 0 Å². The van der Waals surface area contributed by atoms with Gasteiger partial charge in [0.25, 0.3) is 0 Å². The van der Waals surface area contributed by atoms with E-state index in [0.717, 1.165) is 28.4 Å². The van der Waals surface area contributed by atoms with Gasteiger partial charge in [-0.15, -0.1) is 11.8 Å². The molecule has 0 aliphatic carbocycles. The molecule has 1 aliphatic heterocycles. The lowest BCUT2D eigenvalue weighted by Gasteiger charge is -2.26. The third-order valence-electron chi connectivity index (χ3n) is 4.28. The van der Waals surface area contributed by atoms with Gasteiger partial charge in [-0.25, -0.2) is 4.79 Å². The van der Waals surface area contributed by atoms with Gasteiger partial charge in [-0.3, -0.25) is 0 Å². The molecule has 2 aromatic carbocycles. The summed E-state index contributed by atoms with van der Waals surface area (Å²) in [7, 11) is 3.25. The maximum Gasteiger partial charge on any atom is 0.323 e. The number of hydrogen-bond acceptors (Lipinski definition) is 4. The molecule has 26 heavy (non-hydrogen) atoms. The highest BCUT2D eigenvalue weighted by molar-refractivity contribution is 7.99. The van der Waals surface area contributed by atoms with Gasteiger partial charge < -0.3 is 19.7 Å². The first-order chi connectivity index (χ1) is 12.5. The average molecular weight is 393 g/mol. The molecule has 5 nitrogen and oxygen atoms in total. The smallest absolute Gasteiger partial charge is 0.323 e. The van der Waals surface area contributed by atoms with Crippen molar-refractivity contribution in [3.8, 4) is 11.5 Å². The standard InChI is InChI=1S/C19H21ClN2O3S/c1-12-4-5-13(10-16(12)20)21-19(23)22-8-9-26-18(22)15-11-14(24-2)6-7-17(15)25-3/h4-7,10-11,18H,8-9H2,1-3H3,(H,21,23)/t18-/m0/s1. The first-order valence-corrected chi connectivity index (χ1v) is 9.63. The lowest BCUT2D eigenvalue weighted by molar-refractivity contribution is 0.213. The Morgan fingerprint density at radius 1 is 1.23 bits per heavy atom. The Balaban J connectivity index is 1.83. The molecule has 0 unspecified atom stereocenters. The second kappa shape index (κ2) is 8.10. The number of carbonyl (C=O) groups excluding carboxylic acids is 1. The maximum absolute atomic E-state index is 12.8. The molecule has 1 heterocycles. The molecule has 1 atom stereocenters. The summed E-state index contributed by atoms with van der Waals surface area (Å²) in [4.78, 5) is 14.6. The third-order valence-corrected chi connectivity index (χ3v) is 5.93. The number of thioether (sulfide) groups is 1. The van der Waals surface area contributed by atoms with Crippen molar-refractivity contribution in [1.82, 2.24) is 4.90 Å². The Hall–Kier alpha value is -2.05. The topological polar surface area (TPSA) is 50.8 Å². The van der Waals surface area contributed by atoms with Crippen LogP contribution in [0.1, 0.15) is 16.5 Å². The number of benzene rings is 2. The minimum absolute atomic E-state index is 0.138. The zero-order valence-corrected chi connectivity index (χ0v) is 16.5. The molecule has 2 amide bonds. The largest absolute Gasteiger partial charge is 0.497 e. The van der Waals surface area contributed by atoms with Gasteiger partial charge in [-0.05, 0) is 42.8 Å². The zero-order valence-electron chi connectivity index (χ0n) is 14.9. The Bertz CT molecular complexity index is 815. The fraction of sp³-hybridized carbons (Fsp3) is 0.316. The van der Waals surface area contributed by atoms with E-state index in [0.29, 0.717) is 17.3 Å². The van der Waals surface area contributed by atoms with Crippen LogP contribution in [0.2, 0.25) is 5.02 Å². The summed E-state index contributed by atoms with van der Waals surface area (Å²) in [5, 5.41) is 3.43. The lowest BCUT2D eigenvalue weighted by Crippen LogP contribution is -2.34. The third kappa shape index (κ3) is 3.86. The lowest BCUT2D eigenvalue weighted by atomic mass is 10.1. The number of ether oxygens (including phenoxy) is 2. The number of hydrogen-bond donors (Lipinski definition) is 1. The number of carbonyl (C=O) groups is 1. The van der Waals surface area contributed by atoms with E-state index in [-0.39, 0.29) is 11.4 Å². The number of methoxy groups -OCH3 is 2. The number of nitrogens with zero attached hydrogens (tertiary/aromatic N) is 1. The van der Waals surface area contributed by atoms with Gasteiger partial charge >= 0.3 is 6.03 Å². The minimum atomic E-state index is -0.162. The van der Waals surface area contributed by atoms with Gasteiger partial charge in [-0.2, -0.15) is 0 Å². The minimum Gasteiger partial charge on any atom is -0.497 e. The summed E-state index contributed by atoms with van der Waals surface area (Å²) in [6.07, 6.45) is 0. The molecule has 0 bridgehead atoms. The van der Waals surface area contributed by atoms with Crippen molar-refractivity contribution in [1.29, 1.82) is 0 Å². The van der Waals surface area contributed by atoms with E-state index >= 15 is 0 Å². The van der Waals surface area contributed by atoms with Crippen LogP contribution in [0.5, 0.6) is 11.5 Å². The van der Waals surface area contributed by atoms with Crippen LogP contribution in [0.4, 0.5) is 10.5 Å². The van der Waals surface area contributed by atoms with Gasteiger partial charge in [0, 0.05) is 28.6 Å². The predicted octanol–water partition coefficient (Wildman–Crippen LogP) is 4.95. The molecule has 0 radical (unpaired) electrons. The van der Waals surface area contributed by atoms with E-state index in [9.17, 15) is 4.79 Å². The Labute approximate surface area is 162 Å². The van der Waals surface area contributed by atoms with E-state index in [4.69, 9.17) is 21.1 Å². The number of aryl methyl sites for hydroxylation is 1. The van der Waals surface area contributed by atoms with Crippen molar-refractivity contribution in [2.45, 2.75) is 12.3 Å². The van der Waals surface area contributed by atoms with Crippen LogP contribution in [-0.2, 0) is 0 Å². The van der Waals surface area contributed by atoms with E-state index in [1.54, 1.807) is 36.9 Å². The molecule has 1 N–H and O–H groups in total. The van der Waals surface area contributed by atoms with E-state index in [2.05, 4.69) is 5.32 Å².